The Morgan fingerprint density at radius 2 is 2.00 bits per heavy atom. The number of hydrogen-bond donors (Lipinski definition) is 1. The molecule has 0 aromatic rings. The van der Waals surface area contributed by atoms with Crippen LogP contribution < -0.4 is 5.32 Å². The molecule has 92 valence electrons. The van der Waals surface area contributed by atoms with Gasteiger partial charge in [0, 0.05) is 12.6 Å². The normalized spacial score (nSPS) is 19.1. The average molecular weight is 226 g/mol. The van der Waals surface area contributed by atoms with Gasteiger partial charge in [-0.05, 0) is 26.2 Å². The Balaban J connectivity index is 2.06. The maximum atomic E-state index is 9.08. The van der Waals surface area contributed by atoms with Gasteiger partial charge in [0.2, 0.25) is 0 Å². The molecular formula is C12H22N2O2. The quantitative estimate of drug-likeness (QED) is 0.605. The van der Waals surface area contributed by atoms with Crippen molar-refractivity contribution in [2.45, 2.75) is 44.7 Å². The van der Waals surface area contributed by atoms with Crippen molar-refractivity contribution in [3.05, 3.63) is 0 Å². The summed E-state index contributed by atoms with van der Waals surface area (Å²) >= 11 is 0. The largest absolute Gasteiger partial charge is 0.379 e. The van der Waals surface area contributed by atoms with Gasteiger partial charge in [-0.1, -0.05) is 6.92 Å². The van der Waals surface area contributed by atoms with Crippen LogP contribution in [0, 0.1) is 11.3 Å². The van der Waals surface area contributed by atoms with E-state index in [9.17, 15) is 0 Å². The lowest BCUT2D eigenvalue weighted by molar-refractivity contribution is 0.0320. The Kier molecular flexibility index (Phi) is 5.75. The number of nitrogens with one attached hydrogen (secondary N) is 1. The van der Waals surface area contributed by atoms with E-state index in [1.807, 2.05) is 6.92 Å². The molecule has 0 aromatic carbocycles. The van der Waals surface area contributed by atoms with E-state index < -0.39 is 5.54 Å². The molecule has 1 aliphatic rings. The molecule has 1 unspecified atom stereocenters. The molecule has 4 heteroatoms. The number of ether oxygens (including phenoxy) is 2. The van der Waals surface area contributed by atoms with Gasteiger partial charge in [-0.15, -0.1) is 0 Å². The minimum atomic E-state index is -0.550. The summed E-state index contributed by atoms with van der Waals surface area (Å²) in [7, 11) is 0. The predicted octanol–water partition coefficient (Wildman–Crippen LogP) is 1.46. The van der Waals surface area contributed by atoms with Crippen LogP contribution in [0.25, 0.3) is 0 Å². The molecule has 0 aliphatic heterocycles. The van der Waals surface area contributed by atoms with Crippen molar-refractivity contribution in [3.8, 4) is 6.07 Å². The van der Waals surface area contributed by atoms with Crippen molar-refractivity contribution in [1.82, 2.24) is 5.32 Å². The number of nitriles is 1. The van der Waals surface area contributed by atoms with Gasteiger partial charge in [-0.2, -0.15) is 5.26 Å². The minimum absolute atomic E-state index is 0.426. The van der Waals surface area contributed by atoms with Gasteiger partial charge in [-0.3, -0.25) is 5.32 Å². The SMILES string of the molecule is CCCOCCOCC(C)(C#N)NC1CC1. The zero-order chi connectivity index (χ0) is 11.9. The van der Waals surface area contributed by atoms with Crippen molar-refractivity contribution < 1.29 is 9.47 Å². The minimum Gasteiger partial charge on any atom is -0.379 e. The summed E-state index contributed by atoms with van der Waals surface area (Å²) in [5.41, 5.74) is -0.550. The van der Waals surface area contributed by atoms with E-state index in [1.165, 1.54) is 12.8 Å². The lowest BCUT2D eigenvalue weighted by Crippen LogP contribution is -2.46. The Morgan fingerprint density at radius 1 is 1.31 bits per heavy atom. The Labute approximate surface area is 97.9 Å². The topological polar surface area (TPSA) is 54.3 Å². The van der Waals surface area contributed by atoms with Crippen LogP contribution in [0.2, 0.25) is 0 Å². The molecule has 0 saturated heterocycles. The van der Waals surface area contributed by atoms with Crippen LogP contribution in [0.15, 0.2) is 0 Å². The highest BCUT2D eigenvalue weighted by molar-refractivity contribution is 5.07. The molecule has 0 bridgehead atoms. The molecule has 1 atom stereocenters. The van der Waals surface area contributed by atoms with Crippen molar-refractivity contribution in [1.29, 1.82) is 5.26 Å². The van der Waals surface area contributed by atoms with Gasteiger partial charge in [0.1, 0.15) is 5.54 Å². The zero-order valence-electron chi connectivity index (χ0n) is 10.3. The molecular weight excluding hydrogens is 204 g/mol. The molecule has 1 fully saturated rings. The Bertz CT molecular complexity index is 236. The monoisotopic (exact) mass is 226 g/mol. The van der Waals surface area contributed by atoms with Crippen LogP contribution >= 0.6 is 0 Å². The van der Waals surface area contributed by atoms with E-state index >= 15 is 0 Å². The first-order chi connectivity index (χ1) is 7.70. The van der Waals surface area contributed by atoms with Crippen LogP contribution in [0.4, 0.5) is 0 Å². The molecule has 0 heterocycles. The maximum Gasteiger partial charge on any atom is 0.127 e. The second kappa shape index (κ2) is 6.85. The number of hydrogen-bond acceptors (Lipinski definition) is 4. The first-order valence-electron chi connectivity index (χ1n) is 6.04. The zero-order valence-corrected chi connectivity index (χ0v) is 10.3. The van der Waals surface area contributed by atoms with Crippen LogP contribution in [0.3, 0.4) is 0 Å². The Morgan fingerprint density at radius 3 is 2.56 bits per heavy atom. The number of nitrogens with zero attached hydrogens (tertiary/aromatic N) is 1. The molecule has 0 amide bonds. The molecule has 1 saturated carbocycles. The van der Waals surface area contributed by atoms with E-state index in [4.69, 9.17) is 14.7 Å². The highest BCUT2D eigenvalue weighted by Gasteiger charge is 2.32. The summed E-state index contributed by atoms with van der Waals surface area (Å²) in [6.07, 6.45) is 3.38. The molecule has 0 radical (unpaired) electrons. The molecule has 1 rings (SSSR count). The third-order valence-corrected chi connectivity index (χ3v) is 2.46. The van der Waals surface area contributed by atoms with Gasteiger partial charge in [0.05, 0.1) is 25.9 Å². The smallest absolute Gasteiger partial charge is 0.127 e. The summed E-state index contributed by atoms with van der Waals surface area (Å²) in [6.45, 7) is 6.34. The van der Waals surface area contributed by atoms with E-state index in [0.29, 0.717) is 25.9 Å². The van der Waals surface area contributed by atoms with Crippen LogP contribution in [0.1, 0.15) is 33.1 Å². The van der Waals surface area contributed by atoms with Crippen molar-refractivity contribution in [3.63, 3.8) is 0 Å². The Hall–Kier alpha value is -0.630. The lowest BCUT2D eigenvalue weighted by Gasteiger charge is -2.22. The second-order valence-corrected chi connectivity index (χ2v) is 4.53. The molecule has 4 nitrogen and oxygen atoms in total. The first-order valence-corrected chi connectivity index (χ1v) is 6.04. The predicted molar refractivity (Wildman–Crippen MR) is 62.1 cm³/mol. The second-order valence-electron chi connectivity index (χ2n) is 4.53. The fourth-order valence-corrected chi connectivity index (χ4v) is 1.42. The summed E-state index contributed by atoms with van der Waals surface area (Å²) in [5.74, 6) is 0. The van der Waals surface area contributed by atoms with E-state index in [2.05, 4.69) is 18.3 Å². The standard InChI is InChI=1S/C12H22N2O2/c1-3-6-15-7-8-16-10-12(2,9-13)14-11-4-5-11/h11,14H,3-8,10H2,1-2H3. The highest BCUT2D eigenvalue weighted by atomic mass is 16.5. The third-order valence-electron chi connectivity index (χ3n) is 2.46. The van der Waals surface area contributed by atoms with Gasteiger partial charge in [0.25, 0.3) is 0 Å². The van der Waals surface area contributed by atoms with Crippen LogP contribution in [-0.2, 0) is 9.47 Å². The lowest BCUT2D eigenvalue weighted by atomic mass is 10.1. The highest BCUT2D eigenvalue weighted by Crippen LogP contribution is 2.22. The van der Waals surface area contributed by atoms with Crippen LogP contribution in [-0.4, -0.2) is 38.0 Å². The van der Waals surface area contributed by atoms with Crippen molar-refractivity contribution >= 4 is 0 Å². The van der Waals surface area contributed by atoms with E-state index in [-0.39, 0.29) is 0 Å². The number of rotatable bonds is 9. The molecule has 1 aliphatic carbocycles. The van der Waals surface area contributed by atoms with E-state index in [0.717, 1.165) is 13.0 Å². The molecule has 0 spiro atoms. The average Bonchev–Trinajstić information content (AvgIpc) is 3.07. The summed E-state index contributed by atoms with van der Waals surface area (Å²) in [5, 5.41) is 12.4. The fourth-order valence-electron chi connectivity index (χ4n) is 1.42. The van der Waals surface area contributed by atoms with Crippen molar-refractivity contribution in [2.75, 3.05) is 26.4 Å². The van der Waals surface area contributed by atoms with Gasteiger partial charge in [0.15, 0.2) is 0 Å². The van der Waals surface area contributed by atoms with Gasteiger partial charge >= 0.3 is 0 Å². The summed E-state index contributed by atoms with van der Waals surface area (Å²) in [6, 6.07) is 2.79. The molecule has 1 N–H and O–H groups in total. The molecule has 0 aromatic heterocycles. The third kappa shape index (κ3) is 5.45. The van der Waals surface area contributed by atoms with Crippen LogP contribution in [0.5, 0.6) is 0 Å². The fraction of sp³-hybridized carbons (Fsp3) is 0.917. The summed E-state index contributed by atoms with van der Waals surface area (Å²) < 4.78 is 10.8. The molecule has 16 heavy (non-hydrogen) atoms. The first kappa shape index (κ1) is 13.4. The van der Waals surface area contributed by atoms with Gasteiger partial charge in [-0.25, -0.2) is 0 Å². The van der Waals surface area contributed by atoms with Crippen molar-refractivity contribution in [2.24, 2.45) is 0 Å². The van der Waals surface area contributed by atoms with E-state index in [1.54, 1.807) is 0 Å². The van der Waals surface area contributed by atoms with Gasteiger partial charge < -0.3 is 9.47 Å². The maximum absolute atomic E-state index is 9.08. The summed E-state index contributed by atoms with van der Waals surface area (Å²) in [4.78, 5) is 0.